The number of rotatable bonds is 7. The van der Waals surface area contributed by atoms with Crippen molar-refractivity contribution < 1.29 is 19.1 Å². The van der Waals surface area contributed by atoms with Crippen LogP contribution in [0.5, 0.6) is 0 Å². The maximum Gasteiger partial charge on any atom is 0.408 e. The number of nitrogens with zero attached hydrogens (tertiary/aromatic N) is 1. The zero-order chi connectivity index (χ0) is 18.9. The molecule has 0 radical (unpaired) electrons. The minimum absolute atomic E-state index is 0.0342. The van der Waals surface area contributed by atoms with E-state index in [0.29, 0.717) is 13.1 Å². The number of piperidine rings is 1. The Labute approximate surface area is 155 Å². The molecule has 1 aromatic rings. The van der Waals surface area contributed by atoms with Crippen LogP contribution >= 0.6 is 0 Å². The van der Waals surface area contributed by atoms with Gasteiger partial charge in [-0.15, -0.1) is 0 Å². The Balaban J connectivity index is 1.91. The van der Waals surface area contributed by atoms with E-state index in [4.69, 9.17) is 9.47 Å². The highest BCUT2D eigenvalue weighted by Crippen LogP contribution is 2.17. The lowest BCUT2D eigenvalue weighted by molar-refractivity contribution is -0.137. The highest BCUT2D eigenvalue weighted by molar-refractivity contribution is 5.86. The van der Waals surface area contributed by atoms with Crippen LogP contribution in [0.15, 0.2) is 30.3 Å². The molecule has 2 amide bonds. The van der Waals surface area contributed by atoms with Crippen LogP contribution in [0.2, 0.25) is 0 Å². The van der Waals surface area contributed by atoms with Crippen LogP contribution < -0.4 is 5.32 Å². The van der Waals surface area contributed by atoms with Crippen LogP contribution in [-0.4, -0.2) is 49.2 Å². The van der Waals surface area contributed by atoms with Gasteiger partial charge in [0.1, 0.15) is 12.6 Å². The molecule has 2 atom stereocenters. The molecular formula is C20H30N2O4. The van der Waals surface area contributed by atoms with Gasteiger partial charge in [0, 0.05) is 20.2 Å². The smallest absolute Gasteiger partial charge is 0.408 e. The van der Waals surface area contributed by atoms with E-state index < -0.39 is 12.1 Å². The van der Waals surface area contributed by atoms with E-state index in [1.54, 1.807) is 7.11 Å². The normalized spacial score (nSPS) is 17.4. The second-order valence-corrected chi connectivity index (χ2v) is 6.83. The molecule has 0 aliphatic carbocycles. The second-order valence-electron chi connectivity index (χ2n) is 6.83. The molecule has 0 saturated carbocycles. The Kier molecular flexibility index (Phi) is 7.91. The van der Waals surface area contributed by atoms with Gasteiger partial charge in [0.05, 0.1) is 6.10 Å². The highest BCUT2D eigenvalue weighted by Gasteiger charge is 2.32. The van der Waals surface area contributed by atoms with Crippen molar-refractivity contribution in [2.45, 2.75) is 51.9 Å². The molecule has 0 unspecified atom stereocenters. The fourth-order valence-electron chi connectivity index (χ4n) is 3.08. The third-order valence-corrected chi connectivity index (χ3v) is 5.05. The molecule has 1 aliphatic heterocycles. The molecule has 1 N–H and O–H groups in total. The van der Waals surface area contributed by atoms with Gasteiger partial charge >= 0.3 is 6.09 Å². The summed E-state index contributed by atoms with van der Waals surface area (Å²) in [5, 5.41) is 2.78. The molecule has 2 rings (SSSR count). The van der Waals surface area contributed by atoms with E-state index in [-0.39, 0.29) is 24.5 Å². The Hall–Kier alpha value is -2.08. The lowest BCUT2D eigenvalue weighted by atomic mass is 9.96. The Morgan fingerprint density at radius 2 is 1.88 bits per heavy atom. The molecule has 0 spiro atoms. The average Bonchev–Trinajstić information content (AvgIpc) is 2.70. The highest BCUT2D eigenvalue weighted by atomic mass is 16.5. The maximum atomic E-state index is 12.9. The quantitative estimate of drug-likeness (QED) is 0.810. The van der Waals surface area contributed by atoms with Crippen LogP contribution in [0.4, 0.5) is 4.79 Å². The molecule has 1 fully saturated rings. The number of carbonyl (C=O) groups excluding carboxylic acids is 2. The minimum Gasteiger partial charge on any atom is -0.445 e. The Bertz CT molecular complexity index is 570. The first-order valence-corrected chi connectivity index (χ1v) is 9.34. The summed E-state index contributed by atoms with van der Waals surface area (Å²) in [7, 11) is 1.70. The lowest BCUT2D eigenvalue weighted by Gasteiger charge is -2.35. The van der Waals surface area contributed by atoms with Gasteiger partial charge in [-0.3, -0.25) is 4.79 Å². The van der Waals surface area contributed by atoms with Crippen molar-refractivity contribution in [2.24, 2.45) is 5.92 Å². The first-order chi connectivity index (χ1) is 12.5. The predicted octanol–water partition coefficient (Wildman–Crippen LogP) is 2.96. The number of carbonyl (C=O) groups is 2. The van der Waals surface area contributed by atoms with Crippen LogP contribution in [0, 0.1) is 5.92 Å². The number of methoxy groups -OCH3 is 1. The monoisotopic (exact) mass is 362 g/mol. The van der Waals surface area contributed by atoms with E-state index in [1.807, 2.05) is 49.1 Å². The van der Waals surface area contributed by atoms with Gasteiger partial charge in [0.2, 0.25) is 5.91 Å². The van der Waals surface area contributed by atoms with Gasteiger partial charge in [-0.25, -0.2) is 4.79 Å². The first kappa shape index (κ1) is 20.2. The summed E-state index contributed by atoms with van der Waals surface area (Å²) < 4.78 is 10.6. The van der Waals surface area contributed by atoms with Gasteiger partial charge in [-0.05, 0) is 24.3 Å². The number of benzene rings is 1. The number of hydrogen-bond acceptors (Lipinski definition) is 4. The lowest BCUT2D eigenvalue weighted by Crippen LogP contribution is -2.53. The van der Waals surface area contributed by atoms with E-state index in [2.05, 4.69) is 5.32 Å². The summed E-state index contributed by atoms with van der Waals surface area (Å²) in [5.74, 6) is -0.00233. The predicted molar refractivity (Wildman–Crippen MR) is 99.6 cm³/mol. The summed E-state index contributed by atoms with van der Waals surface area (Å²) in [6.45, 7) is 5.49. The average molecular weight is 362 g/mol. The Morgan fingerprint density at radius 1 is 1.23 bits per heavy atom. The first-order valence-electron chi connectivity index (χ1n) is 9.34. The van der Waals surface area contributed by atoms with E-state index in [1.165, 1.54) is 0 Å². The summed E-state index contributed by atoms with van der Waals surface area (Å²) in [6.07, 6.45) is 2.11. The number of nitrogens with one attached hydrogen (secondary N) is 1. The fraction of sp³-hybridized carbons (Fsp3) is 0.600. The summed E-state index contributed by atoms with van der Waals surface area (Å²) in [5.41, 5.74) is 0.913. The zero-order valence-electron chi connectivity index (χ0n) is 15.9. The molecular weight excluding hydrogens is 332 g/mol. The van der Waals surface area contributed by atoms with Crippen molar-refractivity contribution in [3.63, 3.8) is 0 Å². The number of alkyl carbamates (subject to hydrolysis) is 1. The van der Waals surface area contributed by atoms with Crippen molar-refractivity contribution in [3.8, 4) is 0 Å². The summed E-state index contributed by atoms with van der Waals surface area (Å²) in [6, 6.07) is 8.92. The van der Waals surface area contributed by atoms with Gasteiger partial charge < -0.3 is 19.7 Å². The van der Waals surface area contributed by atoms with E-state index in [0.717, 1.165) is 24.8 Å². The minimum atomic E-state index is -0.567. The molecule has 6 heteroatoms. The SMILES string of the molecule is CC[C@H](C)[C@H](NC(=O)OCc1ccccc1)C(=O)N1CCC(OC)CC1. The molecule has 1 aliphatic rings. The van der Waals surface area contributed by atoms with Crippen molar-refractivity contribution in [1.29, 1.82) is 0 Å². The van der Waals surface area contributed by atoms with Gasteiger partial charge in [0.15, 0.2) is 0 Å². The van der Waals surface area contributed by atoms with Crippen LogP contribution in [0.1, 0.15) is 38.7 Å². The molecule has 0 aromatic heterocycles. The molecule has 26 heavy (non-hydrogen) atoms. The number of amides is 2. The van der Waals surface area contributed by atoms with Crippen molar-refractivity contribution in [2.75, 3.05) is 20.2 Å². The van der Waals surface area contributed by atoms with Crippen LogP contribution in [0.3, 0.4) is 0 Å². The summed E-state index contributed by atoms with van der Waals surface area (Å²) >= 11 is 0. The van der Waals surface area contributed by atoms with Crippen LogP contribution in [-0.2, 0) is 20.9 Å². The van der Waals surface area contributed by atoms with Crippen molar-refractivity contribution >= 4 is 12.0 Å². The Morgan fingerprint density at radius 3 is 2.46 bits per heavy atom. The molecule has 0 bridgehead atoms. The van der Waals surface area contributed by atoms with Gasteiger partial charge in [0.25, 0.3) is 0 Å². The van der Waals surface area contributed by atoms with E-state index >= 15 is 0 Å². The van der Waals surface area contributed by atoms with Gasteiger partial charge in [-0.1, -0.05) is 50.6 Å². The molecule has 144 valence electrons. The molecule has 1 heterocycles. The zero-order valence-corrected chi connectivity index (χ0v) is 15.9. The number of ether oxygens (including phenoxy) is 2. The third-order valence-electron chi connectivity index (χ3n) is 5.05. The van der Waals surface area contributed by atoms with E-state index in [9.17, 15) is 9.59 Å². The standard InChI is InChI=1S/C20H30N2O4/c1-4-15(2)18(19(23)22-12-10-17(25-3)11-13-22)21-20(24)26-14-16-8-6-5-7-9-16/h5-9,15,17-18H,4,10-14H2,1-3H3,(H,21,24)/t15-,18-/m0/s1. The fourth-order valence-corrected chi connectivity index (χ4v) is 3.08. The molecule has 1 aromatic carbocycles. The number of likely N-dealkylation sites (tertiary alicyclic amines) is 1. The largest absolute Gasteiger partial charge is 0.445 e. The summed E-state index contributed by atoms with van der Waals surface area (Å²) in [4.78, 5) is 27.0. The van der Waals surface area contributed by atoms with Crippen molar-refractivity contribution in [1.82, 2.24) is 10.2 Å². The van der Waals surface area contributed by atoms with Crippen LogP contribution in [0.25, 0.3) is 0 Å². The topological polar surface area (TPSA) is 67.9 Å². The number of hydrogen-bond donors (Lipinski definition) is 1. The second kappa shape index (κ2) is 10.2. The maximum absolute atomic E-state index is 12.9. The van der Waals surface area contributed by atoms with Gasteiger partial charge in [-0.2, -0.15) is 0 Å². The molecule has 6 nitrogen and oxygen atoms in total. The molecule has 1 saturated heterocycles. The van der Waals surface area contributed by atoms with Crippen molar-refractivity contribution in [3.05, 3.63) is 35.9 Å². The third kappa shape index (κ3) is 5.73.